The molecule has 0 bridgehead atoms. The Hall–Kier alpha value is -3.49. The minimum Gasteiger partial charge on any atom is -0.360 e. The smallest absolute Gasteiger partial charge is 0.360 e. The summed E-state index contributed by atoms with van der Waals surface area (Å²) in [4.78, 5) is 17.1. The molecule has 0 aliphatic heterocycles. The molecule has 0 atom stereocenters. The second-order valence-corrected chi connectivity index (χ2v) is 15.2. The largest absolute Gasteiger partial charge is 0.406 e. The van der Waals surface area contributed by atoms with E-state index in [0.717, 1.165) is 6.04 Å². The maximum Gasteiger partial charge on any atom is 0.406 e. The monoisotopic (exact) mass is 499 g/mol. The minimum absolute atomic E-state index is 0.0381. The third kappa shape index (κ3) is 5.44. The third-order valence-electron chi connectivity index (χ3n) is 5.59. The number of alkyl halides is 3. The molecule has 4 rings (SSSR count). The maximum atomic E-state index is 13.5. The molecule has 182 valence electrons. The lowest BCUT2D eigenvalue weighted by atomic mass is 9.98. The van der Waals surface area contributed by atoms with Crippen molar-refractivity contribution in [1.82, 2.24) is 19.3 Å². The highest BCUT2D eigenvalue weighted by atomic mass is 28.3. The molecule has 0 unspecified atom stereocenters. The van der Waals surface area contributed by atoms with Crippen LogP contribution in [-0.2, 0) is 18.0 Å². The molecule has 1 aromatic carbocycles. The van der Waals surface area contributed by atoms with Gasteiger partial charge in [0.2, 0.25) is 0 Å². The van der Waals surface area contributed by atoms with Gasteiger partial charge in [0.25, 0.3) is 5.56 Å². The van der Waals surface area contributed by atoms with Crippen molar-refractivity contribution in [1.29, 1.82) is 5.26 Å². The van der Waals surface area contributed by atoms with Gasteiger partial charge in [-0.1, -0.05) is 19.6 Å². The summed E-state index contributed by atoms with van der Waals surface area (Å²) >= 11 is 0. The molecule has 0 spiro atoms. The molecule has 0 aliphatic carbocycles. The predicted molar refractivity (Wildman–Crippen MR) is 130 cm³/mol. The average Bonchev–Trinajstić information content (AvgIpc) is 3.22. The van der Waals surface area contributed by atoms with Gasteiger partial charge in [-0.15, -0.1) is 0 Å². The van der Waals surface area contributed by atoms with E-state index in [9.17, 15) is 23.2 Å². The summed E-state index contributed by atoms with van der Waals surface area (Å²) < 4.78 is 48.2. The topological polar surface area (TPSA) is 85.7 Å². The summed E-state index contributed by atoms with van der Waals surface area (Å²) in [5, 5.41) is 14.5. The minimum atomic E-state index is -4.62. The first-order chi connectivity index (χ1) is 16.5. The Morgan fingerprint density at radius 3 is 2.49 bits per heavy atom. The quantitative estimate of drug-likeness (QED) is 0.259. The number of nitriles is 1. The van der Waals surface area contributed by atoms with Crippen LogP contribution in [-0.4, -0.2) is 40.2 Å². The molecular formula is C24H24F3N5O2Si. The Morgan fingerprint density at radius 1 is 1.14 bits per heavy atom. The number of nitrogens with zero attached hydrogens (tertiary/aromatic N) is 5. The van der Waals surface area contributed by atoms with Crippen molar-refractivity contribution in [2.45, 2.75) is 45.1 Å². The molecule has 3 aromatic heterocycles. The number of hydrogen-bond acceptors (Lipinski definition) is 5. The standard InChI is InChI=1S/C24H24F3N5O2Si/c1-35(2,3)9-8-34-15-31-13-20-22(30-31)19-10-17(12-28)18(16-4-6-29-7-5-16)11-21(19)32(23(20)33)14-24(25,26)27/h4-7,10-11,13H,8-9,14-15H2,1-3H3. The van der Waals surface area contributed by atoms with Crippen LogP contribution in [0.4, 0.5) is 13.2 Å². The molecule has 0 fully saturated rings. The number of fused-ring (bicyclic) bond motifs is 3. The lowest BCUT2D eigenvalue weighted by Crippen LogP contribution is -2.28. The van der Waals surface area contributed by atoms with E-state index in [-0.39, 0.29) is 28.7 Å². The van der Waals surface area contributed by atoms with E-state index in [2.05, 4.69) is 35.8 Å². The van der Waals surface area contributed by atoms with E-state index >= 15 is 0 Å². The van der Waals surface area contributed by atoms with Gasteiger partial charge >= 0.3 is 6.18 Å². The fourth-order valence-electron chi connectivity index (χ4n) is 3.83. The van der Waals surface area contributed by atoms with Gasteiger partial charge in [0.15, 0.2) is 0 Å². The van der Waals surface area contributed by atoms with Crippen LogP contribution in [0.15, 0.2) is 47.7 Å². The Labute approximate surface area is 200 Å². The van der Waals surface area contributed by atoms with Crippen molar-refractivity contribution in [3.05, 3.63) is 58.8 Å². The molecule has 0 saturated carbocycles. The zero-order valence-corrected chi connectivity index (χ0v) is 20.6. The van der Waals surface area contributed by atoms with Gasteiger partial charge in [0.05, 0.1) is 22.5 Å². The highest BCUT2D eigenvalue weighted by Crippen LogP contribution is 2.32. The molecule has 4 aromatic rings. The highest BCUT2D eigenvalue weighted by molar-refractivity contribution is 6.76. The molecular weight excluding hydrogens is 475 g/mol. The molecule has 35 heavy (non-hydrogen) atoms. The molecule has 0 radical (unpaired) electrons. The zero-order chi connectivity index (χ0) is 25.4. The van der Waals surface area contributed by atoms with Gasteiger partial charge in [-0.3, -0.25) is 14.3 Å². The maximum absolute atomic E-state index is 13.5. The first-order valence-corrected chi connectivity index (χ1v) is 14.7. The number of rotatable bonds is 7. The van der Waals surface area contributed by atoms with Crippen LogP contribution < -0.4 is 5.56 Å². The molecule has 11 heteroatoms. The third-order valence-corrected chi connectivity index (χ3v) is 7.29. The van der Waals surface area contributed by atoms with E-state index in [4.69, 9.17) is 4.74 Å². The van der Waals surface area contributed by atoms with Crippen molar-refractivity contribution < 1.29 is 17.9 Å². The van der Waals surface area contributed by atoms with Crippen LogP contribution >= 0.6 is 0 Å². The van der Waals surface area contributed by atoms with Gasteiger partial charge in [0, 0.05) is 44.2 Å². The Morgan fingerprint density at radius 2 is 1.86 bits per heavy atom. The summed E-state index contributed by atoms with van der Waals surface area (Å²) in [6, 6.07) is 9.29. The van der Waals surface area contributed by atoms with Crippen molar-refractivity contribution in [2.24, 2.45) is 0 Å². The molecule has 7 nitrogen and oxygen atoms in total. The first-order valence-electron chi connectivity index (χ1n) is 11.0. The molecule has 3 heterocycles. The SMILES string of the molecule is C[Si](C)(C)CCOCn1cc2c(=O)n(CC(F)(F)F)c3cc(-c4ccncc4)c(C#N)cc3c2n1. The normalized spacial score (nSPS) is 12.4. The molecule has 0 N–H and O–H groups in total. The molecule has 0 saturated heterocycles. The second kappa shape index (κ2) is 9.28. The van der Waals surface area contributed by atoms with E-state index in [1.165, 1.54) is 35.4 Å². The summed E-state index contributed by atoms with van der Waals surface area (Å²) in [5.41, 5.74) is 0.745. The second-order valence-electron chi connectivity index (χ2n) is 9.55. The van der Waals surface area contributed by atoms with E-state index in [0.29, 0.717) is 27.7 Å². The van der Waals surface area contributed by atoms with Gasteiger partial charge in [0.1, 0.15) is 18.8 Å². The molecule has 0 amide bonds. The Bertz CT molecular complexity index is 1480. The Kier molecular flexibility index (Phi) is 6.53. The van der Waals surface area contributed by atoms with Crippen LogP contribution in [0.1, 0.15) is 5.56 Å². The van der Waals surface area contributed by atoms with Crippen molar-refractivity contribution in [3.8, 4) is 17.2 Å². The highest BCUT2D eigenvalue weighted by Gasteiger charge is 2.30. The summed E-state index contributed by atoms with van der Waals surface area (Å²) in [7, 11) is -1.30. The lowest BCUT2D eigenvalue weighted by molar-refractivity contribution is -0.140. The van der Waals surface area contributed by atoms with Crippen LogP contribution in [0.2, 0.25) is 25.7 Å². The summed E-state index contributed by atoms with van der Waals surface area (Å²) in [5.74, 6) is 0. The number of ether oxygens (including phenoxy) is 1. The van der Waals surface area contributed by atoms with Crippen molar-refractivity contribution in [2.75, 3.05) is 6.61 Å². The van der Waals surface area contributed by atoms with Gasteiger partial charge < -0.3 is 4.74 Å². The van der Waals surface area contributed by atoms with Gasteiger partial charge in [-0.05, 0) is 35.9 Å². The summed E-state index contributed by atoms with van der Waals surface area (Å²) in [6.07, 6.45) is -0.167. The van der Waals surface area contributed by atoms with Crippen LogP contribution in [0, 0.1) is 11.3 Å². The van der Waals surface area contributed by atoms with Crippen LogP contribution in [0.25, 0.3) is 32.9 Å². The number of halogens is 3. The predicted octanol–water partition coefficient (Wildman–Crippen LogP) is 5.16. The number of pyridine rings is 2. The molecule has 0 aliphatic rings. The first kappa shape index (κ1) is 24.6. The number of benzene rings is 1. The van der Waals surface area contributed by atoms with Crippen LogP contribution in [0.5, 0.6) is 0 Å². The van der Waals surface area contributed by atoms with E-state index in [1.807, 2.05) is 0 Å². The zero-order valence-electron chi connectivity index (χ0n) is 19.6. The average molecular weight is 500 g/mol. The van der Waals surface area contributed by atoms with Crippen LogP contribution in [0.3, 0.4) is 0 Å². The summed E-state index contributed by atoms with van der Waals surface area (Å²) in [6.45, 7) is 5.80. The van der Waals surface area contributed by atoms with E-state index < -0.39 is 26.4 Å². The van der Waals surface area contributed by atoms with E-state index in [1.54, 1.807) is 12.1 Å². The van der Waals surface area contributed by atoms with Gasteiger partial charge in [-0.2, -0.15) is 23.5 Å². The Balaban J connectivity index is 1.90. The van der Waals surface area contributed by atoms with Gasteiger partial charge in [-0.25, -0.2) is 4.68 Å². The number of aromatic nitrogens is 4. The van der Waals surface area contributed by atoms with Crippen molar-refractivity contribution in [3.63, 3.8) is 0 Å². The fourth-order valence-corrected chi connectivity index (χ4v) is 4.59. The number of hydrogen-bond donors (Lipinski definition) is 0. The fraction of sp³-hybridized carbons (Fsp3) is 0.333. The lowest BCUT2D eigenvalue weighted by Gasteiger charge is -2.15. The van der Waals surface area contributed by atoms with Crippen molar-refractivity contribution >= 4 is 29.9 Å².